The summed E-state index contributed by atoms with van der Waals surface area (Å²) in [7, 11) is 0. The highest BCUT2D eigenvalue weighted by Gasteiger charge is 2.08. The van der Waals surface area contributed by atoms with E-state index >= 15 is 0 Å². The lowest BCUT2D eigenvalue weighted by molar-refractivity contribution is 0.103. The van der Waals surface area contributed by atoms with Crippen molar-refractivity contribution >= 4 is 5.78 Å². The first kappa shape index (κ1) is 14.0. The Morgan fingerprint density at radius 3 is 2.20 bits per heavy atom. The van der Waals surface area contributed by atoms with Crippen LogP contribution in [0.15, 0.2) is 66.7 Å². The summed E-state index contributed by atoms with van der Waals surface area (Å²) in [5.41, 5.74) is 1.88. The zero-order valence-electron chi connectivity index (χ0n) is 11.1. The molecule has 0 radical (unpaired) electrons. The van der Waals surface area contributed by atoms with Gasteiger partial charge in [0.1, 0.15) is 12.4 Å². The molecule has 0 atom stereocenters. The van der Waals surface area contributed by atoms with Gasteiger partial charge in [-0.3, -0.25) is 4.79 Å². The van der Waals surface area contributed by atoms with Crippen LogP contribution in [0.2, 0.25) is 0 Å². The minimum absolute atomic E-state index is 0.0167. The molecular weight excluding hydrogens is 252 g/mol. The smallest absolute Gasteiger partial charge is 0.193 e. The number of ketones is 1. The van der Waals surface area contributed by atoms with Crippen LogP contribution in [0.3, 0.4) is 0 Å². The Morgan fingerprint density at radius 2 is 1.60 bits per heavy atom. The number of carbonyl (C=O) groups is 1. The van der Waals surface area contributed by atoms with Crippen LogP contribution in [0, 0.1) is 0 Å². The Labute approximate surface area is 118 Å². The van der Waals surface area contributed by atoms with Crippen molar-refractivity contribution in [2.45, 2.75) is 0 Å². The summed E-state index contributed by atoms with van der Waals surface area (Å²) in [6.07, 6.45) is 0. The quantitative estimate of drug-likeness (QED) is 0.647. The van der Waals surface area contributed by atoms with Gasteiger partial charge in [-0.05, 0) is 29.8 Å². The van der Waals surface area contributed by atoms with E-state index in [2.05, 4.69) is 6.58 Å². The van der Waals surface area contributed by atoms with E-state index in [4.69, 9.17) is 9.84 Å². The van der Waals surface area contributed by atoms with E-state index in [1.54, 1.807) is 36.4 Å². The molecule has 102 valence electrons. The van der Waals surface area contributed by atoms with Crippen LogP contribution in [0.1, 0.15) is 15.9 Å². The maximum Gasteiger partial charge on any atom is 0.193 e. The molecule has 0 aliphatic heterocycles. The van der Waals surface area contributed by atoms with Crippen molar-refractivity contribution in [2.75, 3.05) is 13.2 Å². The summed E-state index contributed by atoms with van der Waals surface area (Å²) in [4.78, 5) is 12.2. The minimum Gasteiger partial charge on any atom is -0.489 e. The van der Waals surface area contributed by atoms with Gasteiger partial charge in [-0.15, -0.1) is 0 Å². The molecule has 0 unspecified atom stereocenters. The Balaban J connectivity index is 2.05. The first-order valence-electron chi connectivity index (χ1n) is 6.31. The van der Waals surface area contributed by atoms with E-state index < -0.39 is 0 Å². The van der Waals surface area contributed by atoms with E-state index in [0.717, 1.165) is 0 Å². The van der Waals surface area contributed by atoms with E-state index in [1.807, 2.05) is 18.2 Å². The molecule has 0 saturated heterocycles. The highest BCUT2D eigenvalue weighted by molar-refractivity contribution is 6.08. The molecule has 2 aromatic rings. The number of benzene rings is 2. The third-order valence-electron chi connectivity index (χ3n) is 2.82. The number of hydrogen-bond donors (Lipinski definition) is 1. The van der Waals surface area contributed by atoms with Gasteiger partial charge in [0.2, 0.25) is 0 Å². The predicted molar refractivity (Wildman–Crippen MR) is 78.0 cm³/mol. The summed E-state index contributed by atoms with van der Waals surface area (Å²) in [5, 5.41) is 8.83. The van der Waals surface area contributed by atoms with Crippen LogP contribution < -0.4 is 4.74 Å². The molecular formula is C17H16O3. The first-order valence-corrected chi connectivity index (χ1v) is 6.31. The number of aliphatic hydroxyl groups excluding tert-OH is 1. The molecule has 0 spiro atoms. The number of ether oxygens (including phenoxy) is 1. The SMILES string of the molecule is C=C(CO)COc1ccc(C(=O)c2ccccc2)cc1. The molecule has 0 aromatic heterocycles. The Bertz CT molecular complexity index is 585. The van der Waals surface area contributed by atoms with Gasteiger partial charge >= 0.3 is 0 Å². The molecule has 20 heavy (non-hydrogen) atoms. The molecule has 0 heterocycles. The van der Waals surface area contributed by atoms with Crippen molar-refractivity contribution in [2.24, 2.45) is 0 Å². The van der Waals surface area contributed by atoms with Gasteiger partial charge < -0.3 is 9.84 Å². The van der Waals surface area contributed by atoms with Crippen molar-refractivity contribution < 1.29 is 14.6 Å². The summed E-state index contributed by atoms with van der Waals surface area (Å²) in [5.74, 6) is 0.626. The van der Waals surface area contributed by atoms with Gasteiger partial charge in [0.15, 0.2) is 5.78 Å². The fourth-order valence-electron chi connectivity index (χ4n) is 1.69. The second kappa shape index (κ2) is 6.68. The molecule has 1 N–H and O–H groups in total. The molecule has 3 nitrogen and oxygen atoms in total. The number of rotatable bonds is 6. The fourth-order valence-corrected chi connectivity index (χ4v) is 1.69. The van der Waals surface area contributed by atoms with Crippen molar-refractivity contribution in [1.82, 2.24) is 0 Å². The lowest BCUT2D eigenvalue weighted by Gasteiger charge is -2.07. The average molecular weight is 268 g/mol. The zero-order valence-corrected chi connectivity index (χ0v) is 11.1. The van der Waals surface area contributed by atoms with Crippen LogP contribution in [0.4, 0.5) is 0 Å². The van der Waals surface area contributed by atoms with Gasteiger partial charge in [-0.1, -0.05) is 36.9 Å². The highest BCUT2D eigenvalue weighted by Crippen LogP contribution is 2.16. The fraction of sp³-hybridized carbons (Fsp3) is 0.118. The van der Waals surface area contributed by atoms with Gasteiger partial charge in [-0.25, -0.2) is 0 Å². The molecule has 0 bridgehead atoms. The van der Waals surface area contributed by atoms with Crippen molar-refractivity contribution in [1.29, 1.82) is 0 Å². The van der Waals surface area contributed by atoms with Crippen LogP contribution in [0.5, 0.6) is 5.75 Å². The van der Waals surface area contributed by atoms with E-state index in [9.17, 15) is 4.79 Å². The zero-order chi connectivity index (χ0) is 14.4. The number of aliphatic hydroxyl groups is 1. The third-order valence-corrected chi connectivity index (χ3v) is 2.82. The minimum atomic E-state index is -0.0927. The van der Waals surface area contributed by atoms with Gasteiger partial charge in [0.25, 0.3) is 0 Å². The molecule has 2 aromatic carbocycles. The predicted octanol–water partition coefficient (Wildman–Crippen LogP) is 2.84. The maximum atomic E-state index is 12.2. The summed E-state index contributed by atoms with van der Waals surface area (Å²) < 4.78 is 5.43. The first-order chi connectivity index (χ1) is 9.70. The topological polar surface area (TPSA) is 46.5 Å². The summed E-state index contributed by atoms with van der Waals surface area (Å²) in [6, 6.07) is 16.1. The van der Waals surface area contributed by atoms with Gasteiger partial charge in [0, 0.05) is 11.1 Å². The monoisotopic (exact) mass is 268 g/mol. The molecule has 0 fully saturated rings. The van der Waals surface area contributed by atoms with Crippen molar-refractivity contribution in [3.8, 4) is 5.75 Å². The largest absolute Gasteiger partial charge is 0.489 e. The molecule has 0 aliphatic rings. The number of carbonyl (C=O) groups excluding carboxylic acids is 1. The lowest BCUT2D eigenvalue weighted by Crippen LogP contribution is -2.04. The van der Waals surface area contributed by atoms with Crippen LogP contribution >= 0.6 is 0 Å². The normalized spacial score (nSPS) is 10.1. The van der Waals surface area contributed by atoms with Crippen molar-refractivity contribution in [3.05, 3.63) is 77.9 Å². The second-order valence-corrected chi connectivity index (χ2v) is 4.42. The average Bonchev–Trinajstić information content (AvgIpc) is 2.53. The highest BCUT2D eigenvalue weighted by atomic mass is 16.5. The second-order valence-electron chi connectivity index (χ2n) is 4.42. The van der Waals surface area contributed by atoms with E-state index in [-0.39, 0.29) is 19.0 Å². The molecule has 2 rings (SSSR count). The molecule has 0 amide bonds. The summed E-state index contributed by atoms with van der Waals surface area (Å²) in [6.45, 7) is 3.82. The summed E-state index contributed by atoms with van der Waals surface area (Å²) >= 11 is 0. The van der Waals surface area contributed by atoms with Crippen LogP contribution in [-0.4, -0.2) is 24.1 Å². The maximum absolute atomic E-state index is 12.2. The van der Waals surface area contributed by atoms with Crippen molar-refractivity contribution in [3.63, 3.8) is 0 Å². The molecule has 0 aliphatic carbocycles. The molecule has 3 heteroatoms. The lowest BCUT2D eigenvalue weighted by atomic mass is 10.0. The Hall–Kier alpha value is -2.39. The van der Waals surface area contributed by atoms with E-state index in [1.165, 1.54) is 0 Å². The van der Waals surface area contributed by atoms with Gasteiger partial charge in [-0.2, -0.15) is 0 Å². The Kier molecular flexibility index (Phi) is 4.69. The van der Waals surface area contributed by atoms with Crippen LogP contribution in [0.25, 0.3) is 0 Å². The standard InChI is InChI=1S/C17H16O3/c1-13(11-18)12-20-16-9-7-15(8-10-16)17(19)14-5-3-2-4-6-14/h2-10,18H,1,11-12H2. The van der Waals surface area contributed by atoms with E-state index in [0.29, 0.717) is 22.4 Å². The molecule has 0 saturated carbocycles. The number of hydrogen-bond acceptors (Lipinski definition) is 3. The third kappa shape index (κ3) is 3.56. The van der Waals surface area contributed by atoms with Crippen LogP contribution in [-0.2, 0) is 0 Å². The van der Waals surface area contributed by atoms with Gasteiger partial charge in [0.05, 0.1) is 6.61 Å². The Morgan fingerprint density at radius 1 is 1.00 bits per heavy atom.